The van der Waals surface area contributed by atoms with E-state index in [0.29, 0.717) is 5.75 Å². The third-order valence-electron chi connectivity index (χ3n) is 2.88. The zero-order valence-electron chi connectivity index (χ0n) is 12.7. The van der Waals surface area contributed by atoms with E-state index in [1.807, 2.05) is 0 Å². The van der Waals surface area contributed by atoms with Gasteiger partial charge in [-0.05, 0) is 38.5 Å². The van der Waals surface area contributed by atoms with Crippen LogP contribution in [0.25, 0.3) is 0 Å². The van der Waals surface area contributed by atoms with Crippen molar-refractivity contribution in [3.63, 3.8) is 0 Å². The molecule has 1 rings (SSSR count). The minimum atomic E-state index is -4.12. The molecular weight excluding hydrogens is 316 g/mol. The van der Waals surface area contributed by atoms with Crippen LogP contribution >= 0.6 is 0 Å². The van der Waals surface area contributed by atoms with Gasteiger partial charge in [-0.2, -0.15) is 8.78 Å². The molecule has 0 amide bonds. The number of methoxy groups -OCH3 is 1. The molecule has 8 heteroatoms. The normalized spacial score (nSPS) is 15.2. The molecule has 0 saturated heterocycles. The third-order valence-corrected chi connectivity index (χ3v) is 4.44. The molecule has 0 aliphatic carbocycles. The fraction of sp³-hybridized carbons (Fsp3) is 0.500. The zero-order chi connectivity index (χ0) is 17.1. The van der Waals surface area contributed by atoms with Crippen LogP contribution in [0.2, 0.25) is 0 Å². The summed E-state index contributed by atoms with van der Waals surface area (Å²) in [4.78, 5) is 10.9. The van der Waals surface area contributed by atoms with Crippen molar-refractivity contribution in [1.82, 2.24) is 4.72 Å². The van der Waals surface area contributed by atoms with E-state index in [4.69, 9.17) is 9.84 Å². The van der Waals surface area contributed by atoms with Gasteiger partial charge in [0.2, 0.25) is 0 Å². The number of nitrogens with one attached hydrogen (secondary N) is 1. The Kier molecular flexibility index (Phi) is 5.64. The van der Waals surface area contributed by atoms with Crippen molar-refractivity contribution < 1.29 is 27.6 Å². The lowest BCUT2D eigenvalue weighted by atomic mass is 10.0. The summed E-state index contributed by atoms with van der Waals surface area (Å²) in [7, 11) is -0.441. The van der Waals surface area contributed by atoms with Crippen LogP contribution in [-0.2, 0) is 15.8 Å². The van der Waals surface area contributed by atoms with E-state index in [1.165, 1.54) is 31.4 Å². The maximum Gasteiger partial charge on any atom is 0.376 e. The third kappa shape index (κ3) is 4.23. The number of carbonyl (C=O) groups is 1. The molecule has 0 saturated carbocycles. The molecule has 0 bridgehead atoms. The number of benzene rings is 1. The van der Waals surface area contributed by atoms with Crippen LogP contribution in [0, 0.1) is 0 Å². The Hall–Kier alpha value is -1.54. The minimum Gasteiger partial charge on any atom is -0.497 e. The second kappa shape index (κ2) is 6.70. The van der Waals surface area contributed by atoms with Crippen molar-refractivity contribution >= 4 is 17.0 Å². The molecule has 0 aromatic heterocycles. The van der Waals surface area contributed by atoms with E-state index in [0.717, 1.165) is 0 Å². The Morgan fingerprint density at radius 1 is 1.27 bits per heavy atom. The molecule has 0 aliphatic rings. The molecule has 2 N–H and O–H groups in total. The summed E-state index contributed by atoms with van der Waals surface area (Å²) in [6.07, 6.45) is 0. The van der Waals surface area contributed by atoms with Crippen molar-refractivity contribution in [3.05, 3.63) is 29.8 Å². The number of halogens is 2. The number of ether oxygens (including phenoxy) is 1. The van der Waals surface area contributed by atoms with Crippen molar-refractivity contribution in [2.45, 2.75) is 37.5 Å². The first-order valence-corrected chi connectivity index (χ1v) is 7.58. The topological polar surface area (TPSA) is 75.6 Å². The van der Waals surface area contributed by atoms with E-state index >= 15 is 0 Å². The molecule has 5 nitrogen and oxygen atoms in total. The first-order chi connectivity index (χ1) is 10.00. The van der Waals surface area contributed by atoms with Gasteiger partial charge in [-0.1, -0.05) is 12.1 Å². The summed E-state index contributed by atoms with van der Waals surface area (Å²) in [5.41, 5.74) is 0.00537. The maximum atomic E-state index is 14.0. The smallest absolute Gasteiger partial charge is 0.376 e. The summed E-state index contributed by atoms with van der Waals surface area (Å²) in [5.74, 6) is -5.96. The van der Waals surface area contributed by atoms with E-state index in [1.54, 1.807) is 20.8 Å². The predicted octanol–water partition coefficient (Wildman–Crippen LogP) is 2.51. The summed E-state index contributed by atoms with van der Waals surface area (Å²) < 4.78 is 46.4. The molecule has 0 radical (unpaired) electrons. The van der Waals surface area contributed by atoms with Gasteiger partial charge in [-0.3, -0.25) is 0 Å². The van der Waals surface area contributed by atoms with Gasteiger partial charge in [-0.25, -0.2) is 13.7 Å². The van der Waals surface area contributed by atoms with Crippen molar-refractivity contribution in [3.8, 4) is 5.75 Å². The number of aliphatic carboxylic acids is 1. The van der Waals surface area contributed by atoms with Gasteiger partial charge in [0.25, 0.3) is 0 Å². The van der Waals surface area contributed by atoms with Crippen molar-refractivity contribution in [2.75, 3.05) is 7.11 Å². The fourth-order valence-electron chi connectivity index (χ4n) is 1.56. The standard InChI is InChI=1S/C14H19F2NO4S/c1-13(2,3)22(20)17-11(14(15,16)12(18)19)9-5-7-10(21-4)8-6-9/h5-8,11,17H,1-4H3,(H,18,19)/t11-,22?/m1/s1. The highest BCUT2D eigenvalue weighted by molar-refractivity contribution is 7.84. The van der Waals surface area contributed by atoms with Crippen LogP contribution in [0.4, 0.5) is 8.78 Å². The highest BCUT2D eigenvalue weighted by Crippen LogP contribution is 2.33. The van der Waals surface area contributed by atoms with Gasteiger partial charge in [0.1, 0.15) is 11.8 Å². The van der Waals surface area contributed by atoms with Crippen molar-refractivity contribution in [2.24, 2.45) is 0 Å². The lowest BCUT2D eigenvalue weighted by Gasteiger charge is -2.28. The van der Waals surface area contributed by atoms with Crippen LogP contribution < -0.4 is 9.46 Å². The number of alkyl halides is 2. The lowest BCUT2D eigenvalue weighted by molar-refractivity contribution is -0.168. The minimum absolute atomic E-state index is 0.00537. The largest absolute Gasteiger partial charge is 0.497 e. The predicted molar refractivity (Wildman–Crippen MR) is 79.3 cm³/mol. The van der Waals surface area contributed by atoms with Gasteiger partial charge in [0.05, 0.1) is 22.8 Å². The second-order valence-corrected chi connectivity index (χ2v) is 7.63. The van der Waals surface area contributed by atoms with E-state index < -0.39 is 33.7 Å². The Morgan fingerprint density at radius 3 is 2.14 bits per heavy atom. The average Bonchev–Trinajstić information content (AvgIpc) is 2.43. The molecular formula is C14H19F2NO4S. The molecule has 0 spiro atoms. The Balaban J connectivity index is 3.21. The number of hydrogen-bond acceptors (Lipinski definition) is 3. The van der Waals surface area contributed by atoms with Crippen LogP contribution in [0.3, 0.4) is 0 Å². The Labute approximate surface area is 130 Å². The van der Waals surface area contributed by atoms with Crippen LogP contribution in [0.1, 0.15) is 32.4 Å². The summed E-state index contributed by atoms with van der Waals surface area (Å²) in [6.45, 7) is 4.79. The molecule has 1 unspecified atom stereocenters. The number of rotatable bonds is 6. The Morgan fingerprint density at radius 2 is 1.77 bits per heavy atom. The van der Waals surface area contributed by atoms with Gasteiger partial charge in [-0.15, -0.1) is 0 Å². The average molecular weight is 335 g/mol. The van der Waals surface area contributed by atoms with E-state index in [2.05, 4.69) is 4.72 Å². The zero-order valence-corrected chi connectivity index (χ0v) is 13.5. The number of carboxylic acids is 1. The molecule has 1 aromatic rings. The molecule has 0 heterocycles. The molecule has 0 fully saturated rings. The van der Waals surface area contributed by atoms with Crippen molar-refractivity contribution in [1.29, 1.82) is 0 Å². The lowest BCUT2D eigenvalue weighted by Crippen LogP contribution is -2.47. The molecule has 1 aromatic carbocycles. The fourth-order valence-corrected chi connectivity index (χ4v) is 2.41. The molecule has 22 heavy (non-hydrogen) atoms. The molecule has 2 atom stereocenters. The Bertz CT molecular complexity index is 555. The van der Waals surface area contributed by atoms with Crippen LogP contribution in [0.5, 0.6) is 5.75 Å². The summed E-state index contributed by atoms with van der Waals surface area (Å²) >= 11 is 0. The first kappa shape index (κ1) is 18.5. The van der Waals surface area contributed by atoms with Gasteiger partial charge in [0, 0.05) is 0 Å². The summed E-state index contributed by atoms with van der Waals surface area (Å²) in [6, 6.07) is 3.57. The quantitative estimate of drug-likeness (QED) is 0.837. The van der Waals surface area contributed by atoms with Crippen LogP contribution in [-0.4, -0.2) is 33.1 Å². The monoisotopic (exact) mass is 335 g/mol. The summed E-state index contributed by atoms with van der Waals surface area (Å²) in [5, 5.41) is 8.78. The maximum absolute atomic E-state index is 14.0. The first-order valence-electron chi connectivity index (χ1n) is 6.43. The van der Waals surface area contributed by atoms with Gasteiger partial charge >= 0.3 is 11.9 Å². The van der Waals surface area contributed by atoms with Crippen LogP contribution in [0.15, 0.2) is 24.3 Å². The highest BCUT2D eigenvalue weighted by atomic mass is 32.2. The van der Waals surface area contributed by atoms with Gasteiger partial charge in [0.15, 0.2) is 0 Å². The number of carboxylic acid groups (broad SMARTS) is 1. The SMILES string of the molecule is COc1ccc([C@@H](NS(=O)C(C)(C)C)C(F)(F)C(=O)O)cc1. The molecule has 124 valence electrons. The van der Waals surface area contributed by atoms with E-state index in [9.17, 15) is 17.8 Å². The highest BCUT2D eigenvalue weighted by Gasteiger charge is 2.49. The second-order valence-electron chi connectivity index (χ2n) is 5.63. The molecule has 0 aliphatic heterocycles. The van der Waals surface area contributed by atoms with E-state index in [-0.39, 0.29) is 5.56 Å². The number of hydrogen-bond donors (Lipinski definition) is 2. The van der Waals surface area contributed by atoms with Gasteiger partial charge < -0.3 is 9.84 Å².